The Morgan fingerprint density at radius 1 is 1.08 bits per heavy atom. The molecule has 0 radical (unpaired) electrons. The van der Waals surface area contributed by atoms with Crippen LogP contribution in [0.2, 0.25) is 0 Å². The summed E-state index contributed by atoms with van der Waals surface area (Å²) >= 11 is 0. The number of amides is 4. The van der Waals surface area contributed by atoms with Gasteiger partial charge in [0.15, 0.2) is 0 Å². The number of aliphatic hydroxyl groups is 1. The highest BCUT2D eigenvalue weighted by Gasteiger charge is 2.37. The normalized spacial score (nSPS) is 24.5. The highest BCUT2D eigenvalue weighted by atomic mass is 19.1. The minimum atomic E-state index is -1.37. The van der Waals surface area contributed by atoms with Crippen LogP contribution in [0.25, 0.3) is 0 Å². The second kappa shape index (κ2) is 23.2. The fraction of sp³-hybridized carbons (Fsp3) is 0.488. The number of hydroxylamine groups is 2. The third-order valence-corrected chi connectivity index (χ3v) is 9.99. The number of fused-ring (bicyclic) bond motifs is 2. The largest absolute Gasteiger partial charge is 0.508 e. The SMILES string of the molecule is CON(C)C(=O)C=CC=C(C)[C@@H]1CC=CC=CC=C(C)[C@@H](O)[C@@H](CCC(C)=O)C(=O)N[C@@H](C(C)C)C(=O)N[C@@H](Cc2cc(O)cc(F)c2)C(=O)N2CCCC(N2)C(=O)O1. The second-order valence-corrected chi connectivity index (χ2v) is 15.1. The Morgan fingerprint density at radius 2 is 1.81 bits per heavy atom. The monoisotopic (exact) mass is 823 g/mol. The molecule has 5 N–H and O–H groups in total. The van der Waals surface area contributed by atoms with Gasteiger partial charge in [0.2, 0.25) is 11.8 Å². The van der Waals surface area contributed by atoms with Gasteiger partial charge in [0, 0.05) is 45.0 Å². The van der Waals surface area contributed by atoms with E-state index in [1.54, 1.807) is 64.2 Å². The van der Waals surface area contributed by atoms with Crippen molar-refractivity contribution in [1.29, 1.82) is 0 Å². The Balaban J connectivity index is 2.09. The molecular formula is C43H58FN5O10. The molecule has 0 saturated carbocycles. The number of ether oxygens (including phenoxy) is 1. The molecule has 6 atom stereocenters. The van der Waals surface area contributed by atoms with Crippen LogP contribution >= 0.6 is 0 Å². The average molecular weight is 824 g/mol. The molecule has 2 aliphatic heterocycles. The summed E-state index contributed by atoms with van der Waals surface area (Å²) < 4.78 is 20.4. The number of cyclic esters (lactones) is 1. The Hall–Kier alpha value is -5.45. The summed E-state index contributed by atoms with van der Waals surface area (Å²) in [5.41, 5.74) is 4.13. The number of phenols is 1. The zero-order valence-corrected chi connectivity index (χ0v) is 34.8. The van der Waals surface area contributed by atoms with Crippen molar-refractivity contribution in [2.75, 3.05) is 20.7 Å². The van der Waals surface area contributed by atoms with E-state index in [9.17, 15) is 43.4 Å². The zero-order valence-electron chi connectivity index (χ0n) is 34.8. The maximum atomic E-state index is 14.4. The Bertz CT molecular complexity index is 1820. The number of hydrogen-bond acceptors (Lipinski definition) is 11. The van der Waals surface area contributed by atoms with Gasteiger partial charge in [0.05, 0.1) is 19.1 Å². The van der Waals surface area contributed by atoms with E-state index in [-0.39, 0.29) is 43.6 Å². The first-order valence-electron chi connectivity index (χ1n) is 19.6. The molecule has 0 spiro atoms. The van der Waals surface area contributed by atoms with Gasteiger partial charge in [-0.05, 0) is 74.8 Å². The summed E-state index contributed by atoms with van der Waals surface area (Å²) in [6.07, 6.45) is 11.4. The molecule has 1 fully saturated rings. The number of nitrogens with one attached hydrogen (secondary N) is 3. The number of aliphatic hydroxyl groups excluding tert-OH is 1. The molecule has 1 aromatic rings. The lowest BCUT2D eigenvalue weighted by molar-refractivity contribution is -0.162. The van der Waals surface area contributed by atoms with E-state index < -0.39 is 83.3 Å². The minimum Gasteiger partial charge on any atom is -0.508 e. The molecule has 3 rings (SSSR count). The third kappa shape index (κ3) is 15.0. The van der Waals surface area contributed by atoms with E-state index in [4.69, 9.17) is 9.57 Å². The predicted molar refractivity (Wildman–Crippen MR) is 217 cm³/mol. The van der Waals surface area contributed by atoms with Crippen LogP contribution in [0.4, 0.5) is 4.39 Å². The summed E-state index contributed by atoms with van der Waals surface area (Å²) in [6, 6.07) is -0.281. The van der Waals surface area contributed by atoms with E-state index in [1.165, 1.54) is 44.3 Å². The molecule has 59 heavy (non-hydrogen) atoms. The molecular weight excluding hydrogens is 765 g/mol. The van der Waals surface area contributed by atoms with Gasteiger partial charge in [-0.3, -0.25) is 33.8 Å². The number of carbonyl (C=O) groups is 6. The topological polar surface area (TPSA) is 204 Å². The second-order valence-electron chi connectivity index (χ2n) is 15.1. The number of benzene rings is 1. The molecule has 2 aliphatic rings. The Kier molecular flexibility index (Phi) is 18.9. The van der Waals surface area contributed by atoms with Crippen molar-refractivity contribution in [2.45, 2.75) is 103 Å². The number of allylic oxidation sites excluding steroid dienone is 6. The number of carbonyl (C=O) groups excluding carboxylic acids is 6. The van der Waals surface area contributed by atoms with E-state index in [0.717, 1.165) is 17.2 Å². The number of halogens is 1. The quantitative estimate of drug-likeness (QED) is 0.100. The lowest BCUT2D eigenvalue weighted by Gasteiger charge is -2.36. The van der Waals surface area contributed by atoms with Gasteiger partial charge >= 0.3 is 5.97 Å². The number of phenolic OH excluding ortho intramolecular Hbond substituents is 1. The van der Waals surface area contributed by atoms with E-state index in [1.807, 2.05) is 0 Å². The highest BCUT2D eigenvalue weighted by Crippen LogP contribution is 2.22. The summed E-state index contributed by atoms with van der Waals surface area (Å²) in [5.74, 6) is -6.16. The molecule has 16 heteroatoms. The zero-order chi connectivity index (χ0) is 43.8. The van der Waals surface area contributed by atoms with Crippen molar-refractivity contribution < 1.29 is 52.9 Å². The number of aromatic hydroxyl groups is 1. The molecule has 2 heterocycles. The number of rotatable bonds is 10. The summed E-state index contributed by atoms with van der Waals surface area (Å²) in [5, 5.41) is 29.2. The van der Waals surface area contributed by atoms with Gasteiger partial charge in [0.25, 0.3) is 11.8 Å². The van der Waals surface area contributed by atoms with Gasteiger partial charge in [-0.1, -0.05) is 56.4 Å². The van der Waals surface area contributed by atoms with E-state index in [2.05, 4.69) is 16.1 Å². The van der Waals surface area contributed by atoms with Gasteiger partial charge in [-0.25, -0.2) is 14.9 Å². The summed E-state index contributed by atoms with van der Waals surface area (Å²) in [4.78, 5) is 85.0. The van der Waals surface area contributed by atoms with Crippen molar-refractivity contribution in [2.24, 2.45) is 11.8 Å². The van der Waals surface area contributed by atoms with Crippen LogP contribution < -0.4 is 16.1 Å². The third-order valence-electron chi connectivity index (χ3n) is 9.99. The van der Waals surface area contributed by atoms with Crippen molar-refractivity contribution in [3.05, 3.63) is 89.3 Å². The summed E-state index contributed by atoms with van der Waals surface area (Å²) in [7, 11) is 2.81. The Labute approximate surface area is 345 Å². The Morgan fingerprint density at radius 3 is 2.47 bits per heavy atom. The van der Waals surface area contributed by atoms with E-state index >= 15 is 0 Å². The smallest absolute Gasteiger partial charge is 0.325 e. The number of ketones is 1. The fourth-order valence-corrected chi connectivity index (χ4v) is 6.44. The van der Waals surface area contributed by atoms with Gasteiger partial charge in [-0.2, -0.15) is 0 Å². The van der Waals surface area contributed by atoms with Gasteiger partial charge in [-0.15, -0.1) is 0 Å². The fourth-order valence-electron chi connectivity index (χ4n) is 6.44. The molecule has 322 valence electrons. The van der Waals surface area contributed by atoms with Gasteiger partial charge in [0.1, 0.15) is 41.6 Å². The molecule has 2 bridgehead atoms. The van der Waals surface area contributed by atoms with E-state index in [0.29, 0.717) is 24.0 Å². The standard InChI is InChI=1S/C43H58FN5O10/c1-26(2)38-41(55)45-35(24-30-22-31(44)25-32(51)23-30)42(56)49-21-13-16-34(47-49)43(57)59-36(27(3)15-12-18-37(52)48(6)58-7)17-11-9-8-10-14-28(4)39(53)33(40(54)46-38)20-19-29(5)50/h8-12,14-15,18,22-23,25-26,33-36,38-39,47,51,53H,13,16-17,19-21,24H2,1-7H3,(H,45,55)(H,46,54)/t33-,34?,35+,36+,38+,39-/m1/s1. The van der Waals surface area contributed by atoms with Crippen LogP contribution in [0, 0.1) is 17.7 Å². The van der Waals surface area contributed by atoms with Crippen molar-refractivity contribution >= 4 is 35.4 Å². The van der Waals surface area contributed by atoms with Crippen molar-refractivity contribution in [3.63, 3.8) is 0 Å². The molecule has 0 aliphatic carbocycles. The number of nitrogens with zero attached hydrogens (tertiary/aromatic N) is 2. The van der Waals surface area contributed by atoms with Gasteiger partial charge < -0.3 is 30.4 Å². The van der Waals surface area contributed by atoms with Crippen LogP contribution in [0.15, 0.2) is 78.0 Å². The number of likely N-dealkylation sites (N-methyl/N-ethyl adjacent to an activating group) is 1. The van der Waals surface area contributed by atoms with Crippen LogP contribution in [-0.2, 0) is 44.8 Å². The maximum absolute atomic E-state index is 14.4. The van der Waals surface area contributed by atoms with Crippen molar-refractivity contribution in [3.8, 4) is 5.75 Å². The van der Waals surface area contributed by atoms with Crippen molar-refractivity contribution in [1.82, 2.24) is 26.1 Å². The first kappa shape index (κ1) is 47.9. The van der Waals surface area contributed by atoms with Crippen LogP contribution in [0.1, 0.15) is 72.3 Å². The number of hydrogen-bond donors (Lipinski definition) is 5. The molecule has 4 amide bonds. The number of Topliss-reactive ketones (excluding diaryl/α,β-unsaturated/α-hetero) is 1. The lowest BCUT2D eigenvalue weighted by atomic mass is 9.89. The number of esters is 1. The molecule has 0 aromatic heterocycles. The van der Waals surface area contributed by atoms with Crippen LogP contribution in [0.3, 0.4) is 0 Å². The lowest BCUT2D eigenvalue weighted by Crippen LogP contribution is -2.62. The molecule has 1 aromatic carbocycles. The van der Waals surface area contributed by atoms with Crippen LogP contribution in [-0.4, -0.2) is 107 Å². The molecule has 15 nitrogen and oxygen atoms in total. The number of hydrazine groups is 1. The average Bonchev–Trinajstić information content (AvgIpc) is 3.18. The summed E-state index contributed by atoms with van der Waals surface area (Å²) in [6.45, 7) is 8.25. The minimum absolute atomic E-state index is 0.00363. The molecule has 1 unspecified atom stereocenters. The molecule has 1 saturated heterocycles. The first-order valence-corrected chi connectivity index (χ1v) is 19.6. The highest BCUT2D eigenvalue weighted by molar-refractivity contribution is 5.93. The first-order chi connectivity index (χ1) is 27.9. The predicted octanol–water partition coefficient (Wildman–Crippen LogP) is 3.44. The maximum Gasteiger partial charge on any atom is 0.325 e. The van der Waals surface area contributed by atoms with Crippen LogP contribution in [0.5, 0.6) is 5.75 Å².